The first-order chi connectivity index (χ1) is 4.70. The van der Waals surface area contributed by atoms with Crippen LogP contribution in [-0.4, -0.2) is 12.1 Å². The van der Waals surface area contributed by atoms with Crippen LogP contribution in [-0.2, 0) is 9.53 Å². The van der Waals surface area contributed by atoms with Gasteiger partial charge in [0.25, 0.3) is 0 Å². The van der Waals surface area contributed by atoms with Crippen molar-refractivity contribution in [3.8, 4) is 0 Å². The molecular weight excluding hydrogens is 128 g/mol. The minimum absolute atomic E-state index is 0.0724. The summed E-state index contributed by atoms with van der Waals surface area (Å²) in [5.41, 5.74) is 0. The molecule has 0 aliphatic heterocycles. The molecule has 0 amide bonds. The number of carbonyl (C=O) groups excluding carboxylic acids is 1. The standard InChI is InChI=1S/C8H16O2/c1-4-6-8(9)10-7(3)5-2/h7H,4-6H2,1-3H3/t7-/m1/s1. The van der Waals surface area contributed by atoms with Crippen LogP contribution in [0.2, 0.25) is 0 Å². The van der Waals surface area contributed by atoms with E-state index in [2.05, 4.69) is 0 Å². The molecule has 1 atom stereocenters. The van der Waals surface area contributed by atoms with Crippen molar-refractivity contribution in [2.24, 2.45) is 0 Å². The van der Waals surface area contributed by atoms with Gasteiger partial charge in [-0.1, -0.05) is 13.8 Å². The van der Waals surface area contributed by atoms with Gasteiger partial charge in [0.15, 0.2) is 0 Å². The zero-order valence-electron chi connectivity index (χ0n) is 7.02. The number of rotatable bonds is 4. The Hall–Kier alpha value is -0.530. The molecule has 0 aromatic heterocycles. The van der Waals surface area contributed by atoms with Gasteiger partial charge in [0.1, 0.15) is 0 Å². The van der Waals surface area contributed by atoms with Crippen LogP contribution in [0, 0.1) is 0 Å². The maximum absolute atomic E-state index is 10.8. The van der Waals surface area contributed by atoms with Gasteiger partial charge in [0.05, 0.1) is 6.10 Å². The first kappa shape index (κ1) is 9.47. The third kappa shape index (κ3) is 4.36. The molecular formula is C8H16O2. The fraction of sp³-hybridized carbons (Fsp3) is 0.875. The van der Waals surface area contributed by atoms with Crippen molar-refractivity contribution in [2.75, 3.05) is 0 Å². The van der Waals surface area contributed by atoms with E-state index in [-0.39, 0.29) is 12.1 Å². The zero-order valence-corrected chi connectivity index (χ0v) is 7.02. The Morgan fingerprint density at radius 1 is 1.50 bits per heavy atom. The summed E-state index contributed by atoms with van der Waals surface area (Å²) >= 11 is 0. The molecule has 0 saturated carbocycles. The molecule has 0 N–H and O–H groups in total. The van der Waals surface area contributed by atoms with E-state index in [1.54, 1.807) is 0 Å². The lowest BCUT2D eigenvalue weighted by Gasteiger charge is -2.09. The molecule has 0 rings (SSSR count). The van der Waals surface area contributed by atoms with Gasteiger partial charge in [-0.2, -0.15) is 0 Å². The Labute approximate surface area is 62.6 Å². The number of esters is 1. The SMILES string of the molecule is CCCC(=O)O[C@H](C)CC. The second-order valence-electron chi connectivity index (χ2n) is 2.46. The highest BCUT2D eigenvalue weighted by molar-refractivity contribution is 5.69. The van der Waals surface area contributed by atoms with Gasteiger partial charge in [0, 0.05) is 6.42 Å². The van der Waals surface area contributed by atoms with Gasteiger partial charge in [-0.3, -0.25) is 4.79 Å². The zero-order chi connectivity index (χ0) is 7.98. The van der Waals surface area contributed by atoms with Gasteiger partial charge in [-0.25, -0.2) is 0 Å². The molecule has 0 aliphatic carbocycles. The molecule has 0 unspecified atom stereocenters. The molecule has 0 fully saturated rings. The summed E-state index contributed by atoms with van der Waals surface area (Å²) in [7, 11) is 0. The normalized spacial score (nSPS) is 12.7. The molecule has 2 heteroatoms. The molecule has 0 heterocycles. The van der Waals surface area contributed by atoms with E-state index in [1.807, 2.05) is 20.8 Å². The van der Waals surface area contributed by atoms with Gasteiger partial charge < -0.3 is 4.74 Å². The Morgan fingerprint density at radius 2 is 2.10 bits per heavy atom. The van der Waals surface area contributed by atoms with Crippen molar-refractivity contribution in [1.82, 2.24) is 0 Å². The van der Waals surface area contributed by atoms with Crippen molar-refractivity contribution >= 4 is 5.97 Å². The summed E-state index contributed by atoms with van der Waals surface area (Å²) in [4.78, 5) is 10.8. The smallest absolute Gasteiger partial charge is 0.306 e. The number of ether oxygens (including phenoxy) is 1. The largest absolute Gasteiger partial charge is 0.463 e. The summed E-state index contributed by atoms with van der Waals surface area (Å²) in [6, 6.07) is 0. The van der Waals surface area contributed by atoms with Crippen LogP contribution in [0.15, 0.2) is 0 Å². The summed E-state index contributed by atoms with van der Waals surface area (Å²) in [6.45, 7) is 5.88. The first-order valence-electron chi connectivity index (χ1n) is 3.90. The molecule has 60 valence electrons. The number of hydrogen-bond acceptors (Lipinski definition) is 2. The van der Waals surface area contributed by atoms with Gasteiger partial charge >= 0.3 is 5.97 Å². The molecule has 0 aromatic carbocycles. The van der Waals surface area contributed by atoms with E-state index >= 15 is 0 Å². The third-order valence-electron chi connectivity index (χ3n) is 1.36. The Morgan fingerprint density at radius 3 is 2.50 bits per heavy atom. The Kier molecular flexibility index (Phi) is 4.99. The molecule has 10 heavy (non-hydrogen) atoms. The monoisotopic (exact) mass is 144 g/mol. The van der Waals surface area contributed by atoms with Gasteiger partial charge in [-0.05, 0) is 19.8 Å². The van der Waals surface area contributed by atoms with Gasteiger partial charge in [0.2, 0.25) is 0 Å². The first-order valence-corrected chi connectivity index (χ1v) is 3.90. The molecule has 2 nitrogen and oxygen atoms in total. The number of carbonyl (C=O) groups is 1. The van der Waals surface area contributed by atoms with Crippen molar-refractivity contribution in [3.05, 3.63) is 0 Å². The maximum Gasteiger partial charge on any atom is 0.306 e. The minimum atomic E-state index is -0.0724. The van der Waals surface area contributed by atoms with Crippen LogP contribution in [0.3, 0.4) is 0 Å². The summed E-state index contributed by atoms with van der Waals surface area (Å²) < 4.78 is 5.00. The van der Waals surface area contributed by atoms with Crippen LogP contribution < -0.4 is 0 Å². The molecule has 0 bridgehead atoms. The van der Waals surface area contributed by atoms with Crippen LogP contribution in [0.5, 0.6) is 0 Å². The van der Waals surface area contributed by atoms with E-state index < -0.39 is 0 Å². The number of hydrogen-bond donors (Lipinski definition) is 0. The molecule has 0 radical (unpaired) electrons. The van der Waals surface area contributed by atoms with E-state index in [0.717, 1.165) is 12.8 Å². The highest BCUT2D eigenvalue weighted by atomic mass is 16.5. The van der Waals surface area contributed by atoms with Crippen molar-refractivity contribution < 1.29 is 9.53 Å². The summed E-state index contributed by atoms with van der Waals surface area (Å²) in [5.74, 6) is -0.0724. The second kappa shape index (κ2) is 5.27. The fourth-order valence-corrected chi connectivity index (χ4v) is 0.571. The lowest BCUT2D eigenvalue weighted by Crippen LogP contribution is -2.12. The lowest BCUT2D eigenvalue weighted by atomic mass is 10.3. The quantitative estimate of drug-likeness (QED) is 0.565. The topological polar surface area (TPSA) is 26.3 Å². The van der Waals surface area contributed by atoms with Crippen molar-refractivity contribution in [1.29, 1.82) is 0 Å². The van der Waals surface area contributed by atoms with E-state index in [4.69, 9.17) is 4.74 Å². The molecule has 0 spiro atoms. The highest BCUT2D eigenvalue weighted by Gasteiger charge is 2.04. The van der Waals surface area contributed by atoms with E-state index in [0.29, 0.717) is 6.42 Å². The highest BCUT2D eigenvalue weighted by Crippen LogP contribution is 1.99. The van der Waals surface area contributed by atoms with Crippen LogP contribution in [0.25, 0.3) is 0 Å². The predicted molar refractivity (Wildman–Crippen MR) is 40.8 cm³/mol. The van der Waals surface area contributed by atoms with Crippen molar-refractivity contribution in [3.63, 3.8) is 0 Å². The Balaban J connectivity index is 3.37. The average molecular weight is 144 g/mol. The predicted octanol–water partition coefficient (Wildman–Crippen LogP) is 2.13. The van der Waals surface area contributed by atoms with Gasteiger partial charge in [-0.15, -0.1) is 0 Å². The fourth-order valence-electron chi connectivity index (χ4n) is 0.571. The molecule has 0 aliphatic rings. The van der Waals surface area contributed by atoms with Crippen LogP contribution >= 0.6 is 0 Å². The Bertz CT molecular complexity index is 99.4. The average Bonchev–Trinajstić information content (AvgIpc) is 1.88. The van der Waals surface area contributed by atoms with E-state index in [9.17, 15) is 4.79 Å². The minimum Gasteiger partial charge on any atom is -0.463 e. The second-order valence-corrected chi connectivity index (χ2v) is 2.46. The molecule has 0 aromatic rings. The summed E-state index contributed by atoms with van der Waals surface area (Å²) in [6.07, 6.45) is 2.40. The van der Waals surface area contributed by atoms with E-state index in [1.165, 1.54) is 0 Å². The van der Waals surface area contributed by atoms with Crippen molar-refractivity contribution in [2.45, 2.75) is 46.1 Å². The van der Waals surface area contributed by atoms with Crippen LogP contribution in [0.4, 0.5) is 0 Å². The van der Waals surface area contributed by atoms with Crippen LogP contribution in [0.1, 0.15) is 40.0 Å². The maximum atomic E-state index is 10.8. The summed E-state index contributed by atoms with van der Waals surface area (Å²) in [5, 5.41) is 0. The lowest BCUT2D eigenvalue weighted by molar-refractivity contribution is -0.148. The molecule has 0 saturated heterocycles. The third-order valence-corrected chi connectivity index (χ3v) is 1.36.